The monoisotopic (exact) mass is 266 g/mol. The molecule has 0 saturated carbocycles. The Kier molecular flexibility index (Phi) is 15.6. The Labute approximate surface area is 123 Å². The molecule has 0 aromatic rings. The second kappa shape index (κ2) is 15.8. The zero-order valence-electron chi connectivity index (χ0n) is 13.9. The van der Waals surface area contributed by atoms with Crippen molar-refractivity contribution < 1.29 is 0 Å². The van der Waals surface area contributed by atoms with Crippen LogP contribution in [0.5, 0.6) is 0 Å². The Balaban J connectivity index is 3.50. The van der Waals surface area contributed by atoms with E-state index in [2.05, 4.69) is 32.9 Å². The van der Waals surface area contributed by atoms with E-state index in [-0.39, 0.29) is 0 Å². The van der Waals surface area contributed by atoms with Crippen LogP contribution >= 0.6 is 0 Å². The first kappa shape index (κ1) is 18.7. The van der Waals surface area contributed by atoms with Crippen LogP contribution in [0.1, 0.15) is 104 Å². The summed E-state index contributed by atoms with van der Waals surface area (Å²) < 4.78 is 0. The molecule has 0 heteroatoms. The summed E-state index contributed by atoms with van der Waals surface area (Å²) >= 11 is 0. The summed E-state index contributed by atoms with van der Waals surface area (Å²) in [7, 11) is 0. The van der Waals surface area contributed by atoms with E-state index < -0.39 is 0 Å². The lowest BCUT2D eigenvalue weighted by Gasteiger charge is -2.15. The molecule has 0 heterocycles. The molecular formula is C19H38. The van der Waals surface area contributed by atoms with Crippen LogP contribution in [0.25, 0.3) is 0 Å². The van der Waals surface area contributed by atoms with Crippen molar-refractivity contribution in [1.82, 2.24) is 0 Å². The van der Waals surface area contributed by atoms with Gasteiger partial charge in [-0.15, -0.1) is 0 Å². The molecule has 0 aliphatic carbocycles. The highest BCUT2D eigenvalue weighted by Gasteiger charge is 2.07. The van der Waals surface area contributed by atoms with Crippen LogP contribution in [0, 0.1) is 5.92 Å². The normalized spacial score (nSPS) is 13.2. The van der Waals surface area contributed by atoms with Crippen LogP contribution in [0.3, 0.4) is 0 Å². The lowest BCUT2D eigenvalue weighted by Crippen LogP contribution is -2.00. The molecule has 1 unspecified atom stereocenters. The fraction of sp³-hybridized carbons (Fsp3) is 0.895. The molecule has 0 rings (SSSR count). The quantitative estimate of drug-likeness (QED) is 0.229. The van der Waals surface area contributed by atoms with Gasteiger partial charge < -0.3 is 0 Å². The summed E-state index contributed by atoms with van der Waals surface area (Å²) in [6.45, 7) is 6.76. The SMILES string of the molecule is CC=CCCCCC(CCC)CCCCCCCC. The highest BCUT2D eigenvalue weighted by Crippen LogP contribution is 2.22. The first-order valence-corrected chi connectivity index (χ1v) is 8.96. The van der Waals surface area contributed by atoms with E-state index in [9.17, 15) is 0 Å². The predicted molar refractivity (Wildman–Crippen MR) is 89.7 cm³/mol. The van der Waals surface area contributed by atoms with Crippen molar-refractivity contribution in [3.63, 3.8) is 0 Å². The van der Waals surface area contributed by atoms with E-state index in [1.54, 1.807) is 0 Å². The molecule has 0 aromatic heterocycles. The van der Waals surface area contributed by atoms with E-state index >= 15 is 0 Å². The van der Waals surface area contributed by atoms with Gasteiger partial charge in [-0.05, 0) is 25.7 Å². The van der Waals surface area contributed by atoms with Crippen LogP contribution in [-0.2, 0) is 0 Å². The molecule has 0 nitrogen and oxygen atoms in total. The Morgan fingerprint density at radius 1 is 0.684 bits per heavy atom. The number of hydrogen-bond donors (Lipinski definition) is 0. The Morgan fingerprint density at radius 2 is 1.32 bits per heavy atom. The van der Waals surface area contributed by atoms with Gasteiger partial charge in [0.05, 0.1) is 0 Å². The lowest BCUT2D eigenvalue weighted by atomic mass is 9.91. The molecule has 19 heavy (non-hydrogen) atoms. The van der Waals surface area contributed by atoms with Gasteiger partial charge >= 0.3 is 0 Å². The molecule has 0 radical (unpaired) electrons. The van der Waals surface area contributed by atoms with Crippen molar-refractivity contribution in [3.05, 3.63) is 12.2 Å². The van der Waals surface area contributed by atoms with Crippen molar-refractivity contribution in [2.24, 2.45) is 5.92 Å². The maximum absolute atomic E-state index is 2.34. The van der Waals surface area contributed by atoms with Crippen molar-refractivity contribution in [1.29, 1.82) is 0 Å². The minimum atomic E-state index is 1.02. The van der Waals surface area contributed by atoms with Crippen LogP contribution in [0.15, 0.2) is 12.2 Å². The molecular weight excluding hydrogens is 228 g/mol. The van der Waals surface area contributed by atoms with E-state index in [4.69, 9.17) is 0 Å². The van der Waals surface area contributed by atoms with E-state index in [0.717, 1.165) is 5.92 Å². The van der Waals surface area contributed by atoms with Gasteiger partial charge in [0.15, 0.2) is 0 Å². The van der Waals surface area contributed by atoms with Gasteiger partial charge in [-0.25, -0.2) is 0 Å². The van der Waals surface area contributed by atoms with Crippen molar-refractivity contribution in [2.75, 3.05) is 0 Å². The fourth-order valence-electron chi connectivity index (χ4n) is 2.92. The van der Waals surface area contributed by atoms with Gasteiger partial charge in [-0.1, -0.05) is 96.6 Å². The van der Waals surface area contributed by atoms with Crippen molar-refractivity contribution in [2.45, 2.75) is 104 Å². The second-order valence-corrected chi connectivity index (χ2v) is 6.06. The Morgan fingerprint density at radius 3 is 1.95 bits per heavy atom. The summed E-state index contributed by atoms with van der Waals surface area (Å²) in [4.78, 5) is 0. The van der Waals surface area contributed by atoms with E-state index in [1.807, 2.05) is 0 Å². The minimum absolute atomic E-state index is 1.02. The molecule has 0 bridgehead atoms. The van der Waals surface area contributed by atoms with Gasteiger partial charge in [0.1, 0.15) is 0 Å². The predicted octanol–water partition coefficient (Wildman–Crippen LogP) is 7.29. The first-order valence-electron chi connectivity index (χ1n) is 8.96. The summed E-state index contributed by atoms with van der Waals surface area (Å²) in [6.07, 6.45) is 23.1. The van der Waals surface area contributed by atoms with Crippen LogP contribution in [0.4, 0.5) is 0 Å². The standard InChI is InChI=1S/C19H38/c1-4-7-9-11-13-15-18-19(16-6-3)17-14-12-10-8-5-2/h5,8,19H,4,6-7,9-18H2,1-3H3. The fourth-order valence-corrected chi connectivity index (χ4v) is 2.92. The minimum Gasteiger partial charge on any atom is -0.0917 e. The van der Waals surface area contributed by atoms with Gasteiger partial charge in [-0.3, -0.25) is 0 Å². The van der Waals surface area contributed by atoms with Gasteiger partial charge in [0, 0.05) is 0 Å². The molecule has 0 fully saturated rings. The highest BCUT2D eigenvalue weighted by molar-refractivity contribution is 4.76. The Hall–Kier alpha value is -0.260. The maximum Gasteiger partial charge on any atom is -0.0351 e. The van der Waals surface area contributed by atoms with Crippen LogP contribution in [0.2, 0.25) is 0 Å². The summed E-state index contributed by atoms with van der Waals surface area (Å²) in [5.41, 5.74) is 0. The third-order valence-corrected chi connectivity index (χ3v) is 4.13. The highest BCUT2D eigenvalue weighted by atomic mass is 14.1. The van der Waals surface area contributed by atoms with E-state index in [0.29, 0.717) is 0 Å². The largest absolute Gasteiger partial charge is 0.0917 e. The molecule has 0 aliphatic heterocycles. The molecule has 0 spiro atoms. The second-order valence-electron chi connectivity index (χ2n) is 6.06. The van der Waals surface area contributed by atoms with Crippen LogP contribution < -0.4 is 0 Å². The average molecular weight is 267 g/mol. The lowest BCUT2D eigenvalue weighted by molar-refractivity contribution is 0.381. The molecule has 1 atom stereocenters. The number of allylic oxidation sites excluding steroid dienone is 2. The molecule has 0 N–H and O–H groups in total. The molecule has 0 aromatic carbocycles. The molecule has 0 saturated heterocycles. The smallest absolute Gasteiger partial charge is 0.0351 e. The third kappa shape index (κ3) is 14.0. The van der Waals surface area contributed by atoms with Gasteiger partial charge in [0.25, 0.3) is 0 Å². The van der Waals surface area contributed by atoms with Crippen LogP contribution in [-0.4, -0.2) is 0 Å². The summed E-state index contributed by atoms with van der Waals surface area (Å²) in [5.74, 6) is 1.02. The topological polar surface area (TPSA) is 0 Å². The van der Waals surface area contributed by atoms with Gasteiger partial charge in [0.2, 0.25) is 0 Å². The number of unbranched alkanes of at least 4 members (excludes halogenated alkanes) is 7. The first-order chi connectivity index (χ1) is 9.35. The zero-order chi connectivity index (χ0) is 14.2. The zero-order valence-corrected chi connectivity index (χ0v) is 13.9. The van der Waals surface area contributed by atoms with Gasteiger partial charge in [-0.2, -0.15) is 0 Å². The third-order valence-electron chi connectivity index (χ3n) is 4.13. The number of hydrogen-bond acceptors (Lipinski definition) is 0. The molecule has 0 aliphatic rings. The summed E-state index contributed by atoms with van der Waals surface area (Å²) in [5, 5.41) is 0. The molecule has 0 amide bonds. The Bertz CT molecular complexity index is 180. The van der Waals surface area contributed by atoms with Crippen molar-refractivity contribution in [3.8, 4) is 0 Å². The number of rotatable bonds is 14. The van der Waals surface area contributed by atoms with E-state index in [1.165, 1.54) is 83.5 Å². The average Bonchev–Trinajstić information content (AvgIpc) is 2.42. The molecule has 114 valence electrons. The van der Waals surface area contributed by atoms with Crippen molar-refractivity contribution >= 4 is 0 Å². The maximum atomic E-state index is 2.34. The summed E-state index contributed by atoms with van der Waals surface area (Å²) in [6, 6.07) is 0.